The van der Waals surface area contributed by atoms with E-state index in [1.165, 1.54) is 44.9 Å². The van der Waals surface area contributed by atoms with E-state index >= 15 is 0 Å². The van der Waals surface area contributed by atoms with Gasteiger partial charge in [-0.1, -0.05) is 78.6 Å². The molecule has 0 fully saturated rings. The number of rotatable bonds is 16. The normalized spacial score (nSPS) is 13.6. The number of aliphatic hydroxyl groups excluding tert-OH is 1. The minimum absolute atomic E-state index is 0.0150. The molecule has 5 heteroatoms. The Morgan fingerprint density at radius 3 is 1.92 bits per heavy atom. The van der Waals surface area contributed by atoms with Crippen molar-refractivity contribution in [2.75, 3.05) is 0 Å². The number of aliphatic hydroxyl groups is 1. The highest BCUT2D eigenvalue weighted by Crippen LogP contribution is 2.12. The Balaban J connectivity index is 3.74. The maximum Gasteiger partial charge on any atom is 0.326 e. The largest absolute Gasteiger partial charge is 0.480 e. The fraction of sp³-hybridized carbons (Fsp3) is 0.900. The molecule has 0 saturated heterocycles. The predicted octanol–water partition coefficient (Wildman–Crippen LogP) is 4.27. The first-order chi connectivity index (χ1) is 11.9. The summed E-state index contributed by atoms with van der Waals surface area (Å²) in [6.45, 7) is 6.05. The number of aliphatic carboxylic acids is 1. The fourth-order valence-electron chi connectivity index (χ4n) is 2.95. The van der Waals surface area contributed by atoms with Crippen LogP contribution in [0.2, 0.25) is 0 Å². The Kier molecular flexibility index (Phi) is 14.5. The van der Waals surface area contributed by atoms with E-state index in [2.05, 4.69) is 12.2 Å². The van der Waals surface area contributed by atoms with Crippen molar-refractivity contribution in [3.8, 4) is 0 Å². The molecule has 148 valence electrons. The van der Waals surface area contributed by atoms with E-state index < -0.39 is 18.1 Å². The molecule has 0 aliphatic rings. The topological polar surface area (TPSA) is 86.6 Å². The zero-order valence-electron chi connectivity index (χ0n) is 16.4. The van der Waals surface area contributed by atoms with Gasteiger partial charge in [0, 0.05) is 0 Å². The predicted molar refractivity (Wildman–Crippen MR) is 101 cm³/mol. The third-order valence-corrected chi connectivity index (χ3v) is 4.40. The number of carbonyl (C=O) groups is 2. The summed E-state index contributed by atoms with van der Waals surface area (Å²) in [6, 6.07) is -0.868. The summed E-state index contributed by atoms with van der Waals surface area (Å²) in [4.78, 5) is 23.0. The van der Waals surface area contributed by atoms with Gasteiger partial charge in [-0.15, -0.1) is 0 Å². The van der Waals surface area contributed by atoms with Crippen LogP contribution in [0.15, 0.2) is 0 Å². The Bertz CT molecular complexity index is 358. The smallest absolute Gasteiger partial charge is 0.326 e. The van der Waals surface area contributed by atoms with E-state index in [-0.39, 0.29) is 18.2 Å². The second-order valence-electron chi connectivity index (χ2n) is 7.56. The number of carbonyl (C=O) groups excluding carboxylic acids is 1. The van der Waals surface area contributed by atoms with E-state index in [9.17, 15) is 14.7 Å². The molecule has 1 amide bonds. The Morgan fingerprint density at radius 1 is 0.920 bits per heavy atom. The minimum Gasteiger partial charge on any atom is -0.480 e. The molecule has 0 rings (SSSR count). The quantitative estimate of drug-likeness (QED) is 0.360. The number of amides is 1. The summed E-state index contributed by atoms with van der Waals surface area (Å²) >= 11 is 0. The van der Waals surface area contributed by atoms with Crippen molar-refractivity contribution in [3.63, 3.8) is 0 Å². The van der Waals surface area contributed by atoms with Crippen molar-refractivity contribution < 1.29 is 19.8 Å². The van der Waals surface area contributed by atoms with Gasteiger partial charge in [0.1, 0.15) is 6.04 Å². The molecule has 25 heavy (non-hydrogen) atoms. The number of carboxylic acid groups (broad SMARTS) is 1. The van der Waals surface area contributed by atoms with Crippen LogP contribution in [0.3, 0.4) is 0 Å². The van der Waals surface area contributed by atoms with Crippen LogP contribution in [-0.2, 0) is 9.59 Å². The van der Waals surface area contributed by atoms with Crippen LogP contribution in [0.1, 0.15) is 97.8 Å². The van der Waals surface area contributed by atoms with Crippen LogP contribution in [0, 0.1) is 5.92 Å². The van der Waals surface area contributed by atoms with E-state index in [0.717, 1.165) is 12.8 Å². The lowest BCUT2D eigenvalue weighted by molar-refractivity contribution is -0.142. The first kappa shape index (κ1) is 23.9. The van der Waals surface area contributed by atoms with E-state index in [0.29, 0.717) is 12.8 Å². The van der Waals surface area contributed by atoms with Gasteiger partial charge >= 0.3 is 5.97 Å². The number of hydrogen-bond acceptors (Lipinski definition) is 3. The number of unbranched alkanes of at least 4 members (excludes halogenated alkanes) is 8. The molecule has 0 bridgehead atoms. The molecular weight excluding hydrogens is 318 g/mol. The number of nitrogens with one attached hydrogen (secondary N) is 1. The molecule has 5 nitrogen and oxygen atoms in total. The van der Waals surface area contributed by atoms with Crippen LogP contribution in [-0.4, -0.2) is 34.2 Å². The molecule has 0 unspecified atom stereocenters. The van der Waals surface area contributed by atoms with Gasteiger partial charge in [0.25, 0.3) is 0 Å². The van der Waals surface area contributed by atoms with E-state index in [4.69, 9.17) is 5.11 Å². The molecule has 0 aromatic heterocycles. The summed E-state index contributed by atoms with van der Waals surface area (Å²) in [5.41, 5.74) is 0. The second kappa shape index (κ2) is 15.2. The molecule has 0 aliphatic carbocycles. The minimum atomic E-state index is -1.02. The number of carboxylic acids is 1. The molecule has 0 aliphatic heterocycles. The van der Waals surface area contributed by atoms with Crippen LogP contribution in [0.25, 0.3) is 0 Å². The van der Waals surface area contributed by atoms with Crippen LogP contribution < -0.4 is 5.32 Å². The van der Waals surface area contributed by atoms with E-state index in [1.807, 2.05) is 13.8 Å². The fourth-order valence-corrected chi connectivity index (χ4v) is 2.95. The Morgan fingerprint density at radius 2 is 1.44 bits per heavy atom. The van der Waals surface area contributed by atoms with Crippen molar-refractivity contribution >= 4 is 11.9 Å². The summed E-state index contributed by atoms with van der Waals surface area (Å²) in [5, 5.41) is 21.6. The zero-order chi connectivity index (χ0) is 19.1. The molecular formula is C20H39NO4. The van der Waals surface area contributed by atoms with Crippen molar-refractivity contribution in [2.24, 2.45) is 5.92 Å². The average Bonchev–Trinajstić information content (AvgIpc) is 2.52. The monoisotopic (exact) mass is 357 g/mol. The van der Waals surface area contributed by atoms with Crippen molar-refractivity contribution in [1.29, 1.82) is 0 Å². The summed E-state index contributed by atoms with van der Waals surface area (Å²) in [7, 11) is 0. The maximum absolute atomic E-state index is 11.9. The molecule has 0 saturated carbocycles. The first-order valence-electron chi connectivity index (χ1n) is 10.1. The lowest BCUT2D eigenvalue weighted by atomic mass is 10.0. The van der Waals surface area contributed by atoms with Crippen molar-refractivity contribution in [2.45, 2.75) is 110 Å². The van der Waals surface area contributed by atoms with Gasteiger partial charge in [-0.05, 0) is 18.8 Å². The van der Waals surface area contributed by atoms with Crippen LogP contribution in [0.4, 0.5) is 0 Å². The molecule has 3 N–H and O–H groups in total. The SMILES string of the molecule is CCCCCCCCCCC[C@H](O)CC(=O)N[C@@H](CC(C)C)C(=O)O. The molecule has 0 heterocycles. The second-order valence-corrected chi connectivity index (χ2v) is 7.56. The lowest BCUT2D eigenvalue weighted by Gasteiger charge is -2.17. The first-order valence-corrected chi connectivity index (χ1v) is 10.1. The number of hydrogen-bond donors (Lipinski definition) is 3. The molecule has 0 aromatic rings. The maximum atomic E-state index is 11.9. The lowest BCUT2D eigenvalue weighted by Crippen LogP contribution is -2.42. The van der Waals surface area contributed by atoms with Crippen LogP contribution in [0.5, 0.6) is 0 Å². The van der Waals surface area contributed by atoms with Crippen molar-refractivity contribution in [3.05, 3.63) is 0 Å². The van der Waals surface area contributed by atoms with Crippen LogP contribution >= 0.6 is 0 Å². The van der Waals surface area contributed by atoms with Gasteiger partial charge in [-0.25, -0.2) is 4.79 Å². The molecule has 0 spiro atoms. The van der Waals surface area contributed by atoms with Crippen molar-refractivity contribution in [1.82, 2.24) is 5.32 Å². The summed E-state index contributed by atoms with van der Waals surface area (Å²) < 4.78 is 0. The third kappa shape index (κ3) is 14.9. The van der Waals surface area contributed by atoms with Gasteiger partial charge in [-0.3, -0.25) is 4.79 Å². The summed E-state index contributed by atoms with van der Waals surface area (Å²) in [6.07, 6.45) is 11.3. The highest BCUT2D eigenvalue weighted by Gasteiger charge is 2.22. The third-order valence-electron chi connectivity index (χ3n) is 4.40. The zero-order valence-corrected chi connectivity index (χ0v) is 16.4. The van der Waals surface area contributed by atoms with Gasteiger partial charge in [0.2, 0.25) is 5.91 Å². The van der Waals surface area contributed by atoms with Gasteiger partial charge in [0.15, 0.2) is 0 Å². The molecule has 2 atom stereocenters. The molecule has 0 aromatic carbocycles. The standard InChI is InChI=1S/C20H39NO4/c1-4-5-6-7-8-9-10-11-12-13-17(22)15-19(23)21-18(20(24)25)14-16(2)3/h16-18,22H,4-15H2,1-3H3,(H,21,23)(H,24,25)/t17-,18-/m0/s1. The summed E-state index contributed by atoms with van der Waals surface area (Å²) in [5.74, 6) is -1.21. The Labute approximate surface area is 153 Å². The highest BCUT2D eigenvalue weighted by molar-refractivity contribution is 5.83. The Hall–Kier alpha value is -1.10. The van der Waals surface area contributed by atoms with Gasteiger partial charge in [0.05, 0.1) is 12.5 Å². The molecule has 0 radical (unpaired) electrons. The van der Waals surface area contributed by atoms with E-state index in [1.54, 1.807) is 0 Å². The average molecular weight is 358 g/mol. The van der Waals surface area contributed by atoms with Gasteiger partial charge in [-0.2, -0.15) is 0 Å². The highest BCUT2D eigenvalue weighted by atomic mass is 16.4. The van der Waals surface area contributed by atoms with Gasteiger partial charge < -0.3 is 15.5 Å².